The predicted molar refractivity (Wildman–Crippen MR) is 107 cm³/mol. The summed E-state index contributed by atoms with van der Waals surface area (Å²) in [6.45, 7) is 0. The molecule has 2 amide bonds. The van der Waals surface area contributed by atoms with Crippen molar-refractivity contribution in [2.24, 2.45) is 7.05 Å². The van der Waals surface area contributed by atoms with Crippen LogP contribution in [0.4, 0.5) is 16.2 Å². The van der Waals surface area contributed by atoms with E-state index in [1.54, 1.807) is 48.3 Å². The number of nitriles is 1. The van der Waals surface area contributed by atoms with Gasteiger partial charge in [-0.25, -0.2) is 4.79 Å². The molecule has 3 rings (SSSR count). The molecule has 0 unspecified atom stereocenters. The van der Waals surface area contributed by atoms with Gasteiger partial charge in [-0.1, -0.05) is 0 Å². The Morgan fingerprint density at radius 1 is 1.19 bits per heavy atom. The number of nitrogens with one attached hydrogen (secondary N) is 2. The second kappa shape index (κ2) is 7.93. The number of ether oxygens (including phenoxy) is 1. The van der Waals surface area contributed by atoms with Crippen molar-refractivity contribution >= 4 is 33.3 Å². The number of methoxy groups -OCH3 is 1. The van der Waals surface area contributed by atoms with Crippen LogP contribution in [0.3, 0.4) is 0 Å². The first-order chi connectivity index (χ1) is 13.0. The second-order valence-corrected chi connectivity index (χ2v) is 6.54. The van der Waals surface area contributed by atoms with Gasteiger partial charge in [0.15, 0.2) is 0 Å². The molecule has 0 aliphatic heterocycles. The molecule has 27 heavy (non-hydrogen) atoms. The van der Waals surface area contributed by atoms with Gasteiger partial charge in [-0.15, -0.1) is 0 Å². The first-order valence-electron chi connectivity index (χ1n) is 7.95. The van der Waals surface area contributed by atoms with E-state index in [0.29, 0.717) is 22.7 Å². The van der Waals surface area contributed by atoms with Crippen molar-refractivity contribution in [3.63, 3.8) is 0 Å². The van der Waals surface area contributed by atoms with E-state index in [9.17, 15) is 4.79 Å². The third-order valence-corrected chi connectivity index (χ3v) is 4.42. The molecule has 1 aromatic heterocycles. The Morgan fingerprint density at radius 2 is 1.89 bits per heavy atom. The third kappa shape index (κ3) is 4.27. The van der Waals surface area contributed by atoms with Crippen LogP contribution < -0.4 is 15.4 Å². The summed E-state index contributed by atoms with van der Waals surface area (Å²) in [5.74, 6) is 0.606. The van der Waals surface area contributed by atoms with E-state index < -0.39 is 6.03 Å². The number of aryl methyl sites for hydroxylation is 1. The quantitative estimate of drug-likeness (QED) is 0.648. The van der Waals surface area contributed by atoms with E-state index in [1.165, 1.54) is 0 Å². The molecule has 0 saturated heterocycles. The van der Waals surface area contributed by atoms with Crippen molar-refractivity contribution < 1.29 is 9.53 Å². The molecule has 7 nitrogen and oxygen atoms in total. The van der Waals surface area contributed by atoms with Crippen molar-refractivity contribution in [3.05, 3.63) is 58.7 Å². The van der Waals surface area contributed by atoms with Gasteiger partial charge in [0.1, 0.15) is 5.75 Å². The lowest BCUT2D eigenvalue weighted by Gasteiger charge is -2.12. The van der Waals surface area contributed by atoms with Gasteiger partial charge in [0, 0.05) is 30.1 Å². The second-order valence-electron chi connectivity index (χ2n) is 5.68. The van der Waals surface area contributed by atoms with Crippen molar-refractivity contribution in [1.29, 1.82) is 5.26 Å². The zero-order chi connectivity index (χ0) is 19.4. The van der Waals surface area contributed by atoms with Crippen LogP contribution in [0.2, 0.25) is 0 Å². The van der Waals surface area contributed by atoms with E-state index in [2.05, 4.69) is 31.7 Å². The minimum Gasteiger partial charge on any atom is -0.497 e. The van der Waals surface area contributed by atoms with Crippen LogP contribution >= 0.6 is 15.9 Å². The van der Waals surface area contributed by atoms with Gasteiger partial charge in [-0.05, 0) is 52.3 Å². The number of hydrogen-bond donors (Lipinski definition) is 2. The first kappa shape index (κ1) is 18.5. The Labute approximate surface area is 164 Å². The Kier molecular flexibility index (Phi) is 5.43. The lowest BCUT2D eigenvalue weighted by atomic mass is 10.1. The van der Waals surface area contributed by atoms with Gasteiger partial charge in [0.25, 0.3) is 0 Å². The highest BCUT2D eigenvalue weighted by Crippen LogP contribution is 2.32. The summed E-state index contributed by atoms with van der Waals surface area (Å²) in [4.78, 5) is 12.3. The van der Waals surface area contributed by atoms with E-state index in [4.69, 9.17) is 10.00 Å². The first-order valence-corrected chi connectivity index (χ1v) is 8.74. The number of carbonyl (C=O) groups is 1. The number of anilines is 2. The molecule has 0 aliphatic carbocycles. The average molecular weight is 426 g/mol. The van der Waals surface area contributed by atoms with E-state index in [0.717, 1.165) is 15.7 Å². The fraction of sp³-hybridized carbons (Fsp3) is 0.105. The van der Waals surface area contributed by atoms with Crippen LogP contribution in [-0.2, 0) is 7.05 Å². The predicted octanol–water partition coefficient (Wildman–Crippen LogP) is 4.37. The molecule has 2 aromatic carbocycles. The zero-order valence-electron chi connectivity index (χ0n) is 14.7. The van der Waals surface area contributed by atoms with Crippen LogP contribution in [0.25, 0.3) is 11.3 Å². The number of amides is 2. The summed E-state index contributed by atoms with van der Waals surface area (Å²) in [5, 5.41) is 18.6. The molecule has 136 valence electrons. The zero-order valence-corrected chi connectivity index (χ0v) is 16.2. The number of aromatic nitrogens is 2. The van der Waals surface area contributed by atoms with Crippen LogP contribution in [0.1, 0.15) is 5.56 Å². The van der Waals surface area contributed by atoms with Crippen LogP contribution in [-0.4, -0.2) is 22.9 Å². The summed E-state index contributed by atoms with van der Waals surface area (Å²) in [5.41, 5.74) is 3.40. The Hall–Kier alpha value is -3.31. The van der Waals surface area contributed by atoms with E-state index >= 15 is 0 Å². The van der Waals surface area contributed by atoms with Crippen LogP contribution in [0, 0.1) is 11.3 Å². The molecule has 3 aromatic rings. The maximum Gasteiger partial charge on any atom is 0.323 e. The van der Waals surface area contributed by atoms with Crippen molar-refractivity contribution in [1.82, 2.24) is 9.78 Å². The summed E-state index contributed by atoms with van der Waals surface area (Å²) in [7, 11) is 3.41. The summed E-state index contributed by atoms with van der Waals surface area (Å²) in [6, 6.07) is 13.7. The maximum absolute atomic E-state index is 12.3. The van der Waals surface area contributed by atoms with Gasteiger partial charge in [0.05, 0.1) is 35.1 Å². The monoisotopic (exact) mass is 425 g/mol. The molecule has 0 aliphatic rings. The van der Waals surface area contributed by atoms with Gasteiger partial charge in [-0.2, -0.15) is 10.4 Å². The number of carbonyl (C=O) groups excluding carboxylic acids is 1. The number of urea groups is 1. The highest BCUT2D eigenvalue weighted by Gasteiger charge is 2.13. The van der Waals surface area contributed by atoms with Gasteiger partial charge >= 0.3 is 6.03 Å². The van der Waals surface area contributed by atoms with Gasteiger partial charge < -0.3 is 15.4 Å². The average Bonchev–Trinajstić information content (AvgIpc) is 3.00. The molecule has 0 radical (unpaired) electrons. The van der Waals surface area contributed by atoms with Crippen molar-refractivity contribution in [3.8, 4) is 23.1 Å². The highest BCUT2D eigenvalue weighted by molar-refractivity contribution is 9.10. The summed E-state index contributed by atoms with van der Waals surface area (Å²) in [6.07, 6.45) is 1.71. The van der Waals surface area contributed by atoms with Crippen LogP contribution in [0.5, 0.6) is 5.75 Å². The minimum absolute atomic E-state index is 0.400. The molecular formula is C19H16BrN5O2. The maximum atomic E-state index is 12.3. The number of hydrogen-bond acceptors (Lipinski definition) is 4. The van der Waals surface area contributed by atoms with E-state index in [-0.39, 0.29) is 0 Å². The molecule has 8 heteroatoms. The smallest absolute Gasteiger partial charge is 0.323 e. The van der Waals surface area contributed by atoms with Crippen LogP contribution in [0.15, 0.2) is 53.1 Å². The van der Waals surface area contributed by atoms with Gasteiger partial charge in [-0.3, -0.25) is 4.68 Å². The number of halogens is 1. The number of nitrogens with zero attached hydrogens (tertiary/aromatic N) is 3. The molecule has 0 spiro atoms. The fourth-order valence-corrected chi connectivity index (χ4v) is 3.16. The summed E-state index contributed by atoms with van der Waals surface area (Å²) >= 11 is 3.48. The third-order valence-electron chi connectivity index (χ3n) is 3.84. The molecule has 0 atom stereocenters. The minimum atomic E-state index is -0.400. The van der Waals surface area contributed by atoms with Gasteiger partial charge in [0.2, 0.25) is 0 Å². The van der Waals surface area contributed by atoms with E-state index in [1.807, 2.05) is 25.2 Å². The summed E-state index contributed by atoms with van der Waals surface area (Å²) < 4.78 is 7.93. The standard InChI is InChI=1S/C19H16BrN5O2/c1-25-18(17(20)11-22-25)13-7-15(9-16(8-13)27-2)24-19(26)23-14-5-3-12(10-21)4-6-14/h3-9,11H,1-2H3,(H2,23,24,26). The molecule has 0 bridgehead atoms. The Morgan fingerprint density at radius 3 is 2.48 bits per heavy atom. The number of benzene rings is 2. The largest absolute Gasteiger partial charge is 0.497 e. The molecule has 1 heterocycles. The number of rotatable bonds is 4. The normalized spacial score (nSPS) is 10.1. The lowest BCUT2D eigenvalue weighted by molar-refractivity contribution is 0.262. The molecule has 2 N–H and O–H groups in total. The van der Waals surface area contributed by atoms with Crippen molar-refractivity contribution in [2.75, 3.05) is 17.7 Å². The topological polar surface area (TPSA) is 92.0 Å². The Bertz CT molecular complexity index is 1000. The van der Waals surface area contributed by atoms with Crippen molar-refractivity contribution in [2.45, 2.75) is 0 Å². The molecule has 0 saturated carbocycles. The molecule has 0 fully saturated rings. The lowest BCUT2D eigenvalue weighted by Crippen LogP contribution is -2.19. The SMILES string of the molecule is COc1cc(NC(=O)Nc2ccc(C#N)cc2)cc(-c2c(Br)cnn2C)c1. The highest BCUT2D eigenvalue weighted by atomic mass is 79.9. The molecular weight excluding hydrogens is 410 g/mol. The fourth-order valence-electron chi connectivity index (χ4n) is 2.58. The Balaban J connectivity index is 1.82.